The Kier molecular flexibility index (Phi) is 4.69. The van der Waals surface area contributed by atoms with Crippen molar-refractivity contribution >= 4 is 5.97 Å². The van der Waals surface area contributed by atoms with Crippen LogP contribution in [0.5, 0.6) is 0 Å². The van der Waals surface area contributed by atoms with Crippen LogP contribution >= 0.6 is 0 Å². The fourth-order valence-electron chi connectivity index (χ4n) is 1.13. The van der Waals surface area contributed by atoms with Crippen LogP contribution in [0, 0.1) is 0 Å². The van der Waals surface area contributed by atoms with E-state index in [1.54, 1.807) is 24.7 Å². The van der Waals surface area contributed by atoms with Gasteiger partial charge in [-0.3, -0.25) is 0 Å². The van der Waals surface area contributed by atoms with E-state index in [1.807, 2.05) is 10.8 Å². The van der Waals surface area contributed by atoms with Gasteiger partial charge in [0.25, 0.3) is 0 Å². The Morgan fingerprint density at radius 3 is 2.59 bits per heavy atom. The molecule has 0 aromatic carbocycles. The van der Waals surface area contributed by atoms with E-state index in [0.717, 1.165) is 11.6 Å². The highest BCUT2D eigenvalue weighted by atomic mass is 16.4. The normalized spacial score (nSPS) is 11.1. The number of aliphatic carboxylic acids is 1. The number of hydrogen-bond donors (Lipinski definition) is 1. The summed E-state index contributed by atoms with van der Waals surface area (Å²) in [5, 5.41) is 8.43. The molecule has 0 atom stereocenters. The lowest BCUT2D eigenvalue weighted by Gasteiger charge is -2.00. The first-order valence-corrected chi connectivity index (χ1v) is 4.99. The largest absolute Gasteiger partial charge is 0.478 e. The fraction of sp³-hybridized carbons (Fsp3) is 0.0769. The van der Waals surface area contributed by atoms with Crippen LogP contribution in [0.15, 0.2) is 67.3 Å². The molecule has 0 radical (unpaired) electrons. The lowest BCUT2D eigenvalue weighted by molar-refractivity contribution is -0.131. The molecule has 0 aliphatic carbocycles. The number of carboxylic acid groups (broad SMARTS) is 1. The molecule has 0 amide bonds. The summed E-state index contributed by atoms with van der Waals surface area (Å²) in [5.74, 6) is -0.989. The Morgan fingerprint density at radius 2 is 2.00 bits per heavy atom. The molecule has 0 bridgehead atoms. The Labute approximate surface area is 99.9 Å². The maximum atomic E-state index is 10.3. The first kappa shape index (κ1) is 12.7. The van der Waals surface area contributed by atoms with Crippen molar-refractivity contribution in [3.63, 3.8) is 0 Å². The zero-order chi connectivity index (χ0) is 12.7. The molecule has 4 heteroatoms. The Morgan fingerprint density at radius 1 is 1.29 bits per heavy atom. The zero-order valence-corrected chi connectivity index (χ0v) is 9.41. The molecule has 1 aromatic heterocycles. The van der Waals surface area contributed by atoms with Crippen molar-refractivity contribution < 1.29 is 9.90 Å². The molecular formula is C13H14N2O2. The van der Waals surface area contributed by atoms with E-state index >= 15 is 0 Å². The maximum Gasteiger partial charge on any atom is 0.328 e. The third-order valence-corrected chi connectivity index (χ3v) is 1.92. The quantitative estimate of drug-likeness (QED) is 0.602. The molecule has 1 heterocycles. The highest BCUT2D eigenvalue weighted by Gasteiger charge is 1.92. The first-order valence-electron chi connectivity index (χ1n) is 4.99. The Bertz CT molecular complexity index is 468. The van der Waals surface area contributed by atoms with Crippen LogP contribution in [0.2, 0.25) is 0 Å². The van der Waals surface area contributed by atoms with Gasteiger partial charge < -0.3 is 9.67 Å². The molecule has 0 aliphatic rings. The second-order valence-corrected chi connectivity index (χ2v) is 3.47. The van der Waals surface area contributed by atoms with Crippen LogP contribution in [-0.4, -0.2) is 20.6 Å². The van der Waals surface area contributed by atoms with Crippen molar-refractivity contribution in [3.05, 3.63) is 67.3 Å². The van der Waals surface area contributed by atoms with E-state index in [-0.39, 0.29) is 0 Å². The molecule has 0 fully saturated rings. The second kappa shape index (κ2) is 6.27. The molecule has 88 valence electrons. The van der Waals surface area contributed by atoms with Crippen LogP contribution in [0.4, 0.5) is 0 Å². The van der Waals surface area contributed by atoms with Crippen molar-refractivity contribution in [3.8, 4) is 0 Å². The van der Waals surface area contributed by atoms with E-state index in [4.69, 9.17) is 5.11 Å². The van der Waals surface area contributed by atoms with Gasteiger partial charge >= 0.3 is 5.97 Å². The molecule has 0 unspecified atom stereocenters. The predicted molar refractivity (Wildman–Crippen MR) is 66.4 cm³/mol. The van der Waals surface area contributed by atoms with Gasteiger partial charge in [0.2, 0.25) is 0 Å². The van der Waals surface area contributed by atoms with E-state index in [1.165, 1.54) is 6.08 Å². The number of allylic oxidation sites excluding steroid dienone is 5. The summed E-state index contributed by atoms with van der Waals surface area (Å²) >= 11 is 0. The number of hydrogen-bond acceptors (Lipinski definition) is 2. The number of carboxylic acids is 1. The minimum atomic E-state index is -0.989. The summed E-state index contributed by atoms with van der Waals surface area (Å²) < 4.78 is 1.89. The molecule has 1 N–H and O–H groups in total. The smallest absolute Gasteiger partial charge is 0.328 e. The van der Waals surface area contributed by atoms with Gasteiger partial charge in [0, 0.05) is 25.0 Å². The van der Waals surface area contributed by atoms with E-state index in [0.29, 0.717) is 12.1 Å². The van der Waals surface area contributed by atoms with Crippen molar-refractivity contribution in [2.24, 2.45) is 0 Å². The highest BCUT2D eigenvalue weighted by Crippen LogP contribution is 2.02. The van der Waals surface area contributed by atoms with Crippen LogP contribution in [0.3, 0.4) is 0 Å². The molecule has 1 rings (SSSR count). The van der Waals surface area contributed by atoms with Gasteiger partial charge in [-0.15, -0.1) is 0 Å². The number of imidazole rings is 1. The van der Waals surface area contributed by atoms with Gasteiger partial charge in [-0.2, -0.15) is 0 Å². The molecule has 1 aromatic rings. The summed E-state index contributed by atoms with van der Waals surface area (Å²) in [6.07, 6.45) is 11.3. The number of aromatic nitrogens is 2. The average molecular weight is 230 g/mol. The summed E-state index contributed by atoms with van der Waals surface area (Å²) in [6, 6.07) is 0. The number of rotatable bonds is 6. The second-order valence-electron chi connectivity index (χ2n) is 3.47. The van der Waals surface area contributed by atoms with E-state index in [2.05, 4.69) is 18.1 Å². The lowest BCUT2D eigenvalue weighted by atomic mass is 10.2. The SMILES string of the molecule is C=C(/C=C\C(=C)Cn1ccnc1)/C=C/C(=O)O. The summed E-state index contributed by atoms with van der Waals surface area (Å²) in [7, 11) is 0. The van der Waals surface area contributed by atoms with E-state index < -0.39 is 5.97 Å². The lowest BCUT2D eigenvalue weighted by Crippen LogP contribution is -1.94. The average Bonchev–Trinajstić information content (AvgIpc) is 2.76. The molecule has 0 aliphatic heterocycles. The summed E-state index contributed by atoms with van der Waals surface area (Å²) in [6.45, 7) is 8.22. The predicted octanol–water partition coefficient (Wildman–Crippen LogP) is 2.19. The van der Waals surface area contributed by atoms with Crippen molar-refractivity contribution in [2.75, 3.05) is 0 Å². The van der Waals surface area contributed by atoms with Gasteiger partial charge in [0.15, 0.2) is 0 Å². The van der Waals surface area contributed by atoms with Gasteiger partial charge in [0.05, 0.1) is 6.33 Å². The van der Waals surface area contributed by atoms with Gasteiger partial charge in [-0.05, 0) is 17.2 Å². The summed E-state index contributed by atoms with van der Waals surface area (Å²) in [5.41, 5.74) is 1.49. The van der Waals surface area contributed by atoms with Crippen molar-refractivity contribution in [2.45, 2.75) is 6.54 Å². The van der Waals surface area contributed by atoms with Crippen LogP contribution in [0.1, 0.15) is 0 Å². The topological polar surface area (TPSA) is 55.1 Å². The van der Waals surface area contributed by atoms with Crippen LogP contribution < -0.4 is 0 Å². The van der Waals surface area contributed by atoms with Gasteiger partial charge in [-0.25, -0.2) is 9.78 Å². The molecular weight excluding hydrogens is 216 g/mol. The fourth-order valence-corrected chi connectivity index (χ4v) is 1.13. The number of nitrogens with zero attached hydrogens (tertiary/aromatic N) is 2. The maximum absolute atomic E-state index is 10.3. The molecule has 0 saturated heterocycles. The molecule has 4 nitrogen and oxygen atoms in total. The minimum Gasteiger partial charge on any atom is -0.478 e. The first-order chi connectivity index (χ1) is 8.08. The summed E-state index contributed by atoms with van der Waals surface area (Å²) in [4.78, 5) is 14.2. The van der Waals surface area contributed by atoms with Crippen molar-refractivity contribution in [1.82, 2.24) is 9.55 Å². The van der Waals surface area contributed by atoms with Crippen molar-refractivity contribution in [1.29, 1.82) is 0 Å². The van der Waals surface area contributed by atoms with Gasteiger partial charge in [0.1, 0.15) is 0 Å². The minimum absolute atomic E-state index is 0.610. The zero-order valence-electron chi connectivity index (χ0n) is 9.41. The molecule has 17 heavy (non-hydrogen) atoms. The van der Waals surface area contributed by atoms with E-state index in [9.17, 15) is 4.79 Å². The molecule has 0 saturated carbocycles. The Balaban J connectivity index is 2.45. The highest BCUT2D eigenvalue weighted by molar-refractivity contribution is 5.80. The Hall–Kier alpha value is -2.36. The number of carbonyl (C=O) groups is 1. The van der Waals surface area contributed by atoms with Gasteiger partial charge in [-0.1, -0.05) is 25.3 Å². The monoisotopic (exact) mass is 230 g/mol. The standard InChI is InChI=1S/C13H14N2O2/c1-11(5-6-13(16)17)3-4-12(2)9-15-8-7-14-10-15/h3-8,10H,1-2,9H2,(H,16,17)/b4-3-,6-5+. The molecule has 0 spiro atoms. The third kappa shape index (κ3) is 5.32. The van der Waals surface area contributed by atoms with Crippen LogP contribution in [0.25, 0.3) is 0 Å². The third-order valence-electron chi connectivity index (χ3n) is 1.92. The van der Waals surface area contributed by atoms with Crippen LogP contribution in [-0.2, 0) is 11.3 Å².